The number of nitrogens with one attached hydrogen (secondary N) is 1. The zero-order valence-corrected chi connectivity index (χ0v) is 21.0. The molecule has 0 unspecified atom stereocenters. The molecule has 0 aliphatic rings. The Kier molecular flexibility index (Phi) is 8.79. The molecule has 3 aromatic carbocycles. The smallest absolute Gasteiger partial charge is 0.260 e. The molecule has 0 aromatic heterocycles. The molecule has 0 bridgehead atoms. The Hall–Kier alpha value is -2.78. The number of hydrazone groups is 1. The number of benzene rings is 3. The summed E-state index contributed by atoms with van der Waals surface area (Å²) in [6.45, 7) is -0.107. The standard InChI is InChI=1S/C23H20Cl3N3O4S/c1-34(31,32)29(19-7-10-21(25)22(26)12-19)14-23(30)28-27-13-16-5-8-20(9-6-16)33-15-17-3-2-4-18(24)11-17/h2-13H,14-15H2,1H3,(H,28,30)/b27-13-. The van der Waals surface area contributed by atoms with Gasteiger partial charge in [0.25, 0.3) is 5.91 Å². The van der Waals surface area contributed by atoms with Gasteiger partial charge in [-0.2, -0.15) is 5.10 Å². The zero-order valence-electron chi connectivity index (χ0n) is 17.9. The third kappa shape index (κ3) is 7.63. The molecule has 0 aliphatic heterocycles. The number of nitrogens with zero attached hydrogens (tertiary/aromatic N) is 2. The molecule has 3 aromatic rings. The lowest BCUT2D eigenvalue weighted by Crippen LogP contribution is -2.39. The molecule has 1 N–H and O–H groups in total. The number of hydrogen-bond donors (Lipinski definition) is 1. The van der Waals surface area contributed by atoms with E-state index in [4.69, 9.17) is 39.5 Å². The van der Waals surface area contributed by atoms with Crippen LogP contribution in [-0.4, -0.2) is 33.3 Å². The number of amides is 1. The highest BCUT2D eigenvalue weighted by atomic mass is 35.5. The van der Waals surface area contributed by atoms with Crippen molar-refractivity contribution in [1.82, 2.24) is 5.43 Å². The first-order valence-electron chi connectivity index (χ1n) is 9.84. The average Bonchev–Trinajstić information content (AvgIpc) is 2.78. The van der Waals surface area contributed by atoms with Crippen molar-refractivity contribution in [2.45, 2.75) is 6.61 Å². The van der Waals surface area contributed by atoms with Crippen LogP contribution in [0.2, 0.25) is 15.1 Å². The van der Waals surface area contributed by atoms with Crippen molar-refractivity contribution < 1.29 is 17.9 Å². The summed E-state index contributed by atoms with van der Waals surface area (Å²) in [5, 5.41) is 4.98. The minimum absolute atomic E-state index is 0.172. The van der Waals surface area contributed by atoms with E-state index in [0.717, 1.165) is 16.1 Å². The number of carbonyl (C=O) groups excluding carboxylic acids is 1. The van der Waals surface area contributed by atoms with Gasteiger partial charge in [-0.3, -0.25) is 9.10 Å². The average molecular weight is 541 g/mol. The van der Waals surface area contributed by atoms with Crippen molar-refractivity contribution in [2.75, 3.05) is 17.1 Å². The Labute approximate surface area is 212 Å². The second kappa shape index (κ2) is 11.6. The van der Waals surface area contributed by atoms with Crippen LogP contribution in [0.4, 0.5) is 5.69 Å². The van der Waals surface area contributed by atoms with Gasteiger partial charge in [-0.05, 0) is 65.7 Å². The van der Waals surface area contributed by atoms with E-state index in [2.05, 4.69) is 10.5 Å². The molecule has 34 heavy (non-hydrogen) atoms. The number of ether oxygens (including phenoxy) is 1. The summed E-state index contributed by atoms with van der Waals surface area (Å²) in [7, 11) is -3.75. The van der Waals surface area contributed by atoms with Gasteiger partial charge in [0.05, 0.1) is 28.2 Å². The van der Waals surface area contributed by atoms with E-state index < -0.39 is 22.5 Å². The molecule has 0 atom stereocenters. The Bertz CT molecular complexity index is 1300. The Morgan fingerprint density at radius 2 is 1.76 bits per heavy atom. The lowest BCUT2D eigenvalue weighted by molar-refractivity contribution is -0.119. The predicted molar refractivity (Wildman–Crippen MR) is 137 cm³/mol. The molecule has 11 heteroatoms. The number of carbonyl (C=O) groups is 1. The van der Waals surface area contributed by atoms with Crippen LogP contribution < -0.4 is 14.5 Å². The first kappa shape index (κ1) is 25.8. The number of halogens is 3. The van der Waals surface area contributed by atoms with Gasteiger partial charge >= 0.3 is 0 Å². The summed E-state index contributed by atoms with van der Waals surface area (Å²) in [5.74, 6) is 0.0285. The van der Waals surface area contributed by atoms with Gasteiger partial charge in [0.1, 0.15) is 18.9 Å². The van der Waals surface area contributed by atoms with E-state index in [-0.39, 0.29) is 15.7 Å². The van der Waals surface area contributed by atoms with Crippen LogP contribution >= 0.6 is 34.8 Å². The van der Waals surface area contributed by atoms with Gasteiger partial charge in [0, 0.05) is 5.02 Å². The topological polar surface area (TPSA) is 88.1 Å². The van der Waals surface area contributed by atoms with E-state index in [1.54, 1.807) is 30.3 Å². The predicted octanol–water partition coefficient (Wildman–Crippen LogP) is 5.14. The highest BCUT2D eigenvalue weighted by molar-refractivity contribution is 7.92. The first-order valence-corrected chi connectivity index (χ1v) is 12.8. The fraction of sp³-hybridized carbons (Fsp3) is 0.130. The van der Waals surface area contributed by atoms with Gasteiger partial charge in [-0.1, -0.05) is 46.9 Å². The van der Waals surface area contributed by atoms with Crippen LogP contribution in [0.25, 0.3) is 0 Å². The SMILES string of the molecule is CS(=O)(=O)N(CC(=O)N/N=C\c1ccc(OCc2cccc(Cl)c2)cc1)c1ccc(Cl)c(Cl)c1. The van der Waals surface area contributed by atoms with E-state index in [1.807, 2.05) is 18.2 Å². The molecule has 0 aliphatic carbocycles. The molecule has 0 saturated heterocycles. The molecule has 3 rings (SSSR count). The zero-order chi connectivity index (χ0) is 24.7. The normalized spacial score (nSPS) is 11.4. The lowest BCUT2D eigenvalue weighted by Gasteiger charge is -2.21. The van der Waals surface area contributed by atoms with Crippen LogP contribution in [0.1, 0.15) is 11.1 Å². The second-order valence-electron chi connectivity index (χ2n) is 7.15. The highest BCUT2D eigenvalue weighted by Gasteiger charge is 2.21. The van der Waals surface area contributed by atoms with Gasteiger partial charge < -0.3 is 4.74 Å². The van der Waals surface area contributed by atoms with Crippen molar-refractivity contribution in [1.29, 1.82) is 0 Å². The monoisotopic (exact) mass is 539 g/mol. The highest BCUT2D eigenvalue weighted by Crippen LogP contribution is 2.28. The van der Waals surface area contributed by atoms with Crippen LogP contribution in [0.15, 0.2) is 71.8 Å². The molecule has 0 radical (unpaired) electrons. The van der Waals surface area contributed by atoms with Crippen molar-refractivity contribution in [2.24, 2.45) is 5.10 Å². The first-order chi connectivity index (χ1) is 16.1. The van der Waals surface area contributed by atoms with E-state index in [9.17, 15) is 13.2 Å². The van der Waals surface area contributed by atoms with Crippen molar-refractivity contribution in [3.05, 3.63) is 92.9 Å². The molecular formula is C23H20Cl3N3O4S. The molecular weight excluding hydrogens is 521 g/mol. The minimum atomic E-state index is -3.75. The maximum absolute atomic E-state index is 12.3. The largest absolute Gasteiger partial charge is 0.489 e. The summed E-state index contributed by atoms with van der Waals surface area (Å²) in [4.78, 5) is 12.3. The number of anilines is 1. The van der Waals surface area contributed by atoms with Crippen LogP contribution in [0, 0.1) is 0 Å². The summed E-state index contributed by atoms with van der Waals surface area (Å²) >= 11 is 17.8. The maximum atomic E-state index is 12.3. The van der Waals surface area contributed by atoms with Gasteiger partial charge in [0.2, 0.25) is 10.0 Å². The van der Waals surface area contributed by atoms with Gasteiger partial charge in [0.15, 0.2) is 0 Å². The summed E-state index contributed by atoms with van der Waals surface area (Å²) in [6, 6.07) is 18.8. The molecule has 7 nitrogen and oxygen atoms in total. The van der Waals surface area contributed by atoms with Crippen molar-refractivity contribution >= 4 is 62.6 Å². The Morgan fingerprint density at radius 1 is 1.03 bits per heavy atom. The summed E-state index contributed by atoms with van der Waals surface area (Å²) in [5.41, 5.74) is 4.19. The fourth-order valence-corrected chi connectivity index (χ4v) is 4.18. The second-order valence-corrected chi connectivity index (χ2v) is 10.3. The molecule has 1 amide bonds. The molecule has 0 heterocycles. The van der Waals surface area contributed by atoms with Crippen LogP contribution in [-0.2, 0) is 21.4 Å². The van der Waals surface area contributed by atoms with E-state index >= 15 is 0 Å². The fourth-order valence-electron chi connectivity index (χ4n) is 2.83. The van der Waals surface area contributed by atoms with Gasteiger partial charge in [-0.25, -0.2) is 13.8 Å². The van der Waals surface area contributed by atoms with Crippen molar-refractivity contribution in [3.8, 4) is 5.75 Å². The molecule has 0 saturated carbocycles. The number of hydrogen-bond acceptors (Lipinski definition) is 5. The summed E-state index contributed by atoms with van der Waals surface area (Å²) < 4.78 is 31.0. The molecule has 0 spiro atoms. The van der Waals surface area contributed by atoms with Crippen LogP contribution in [0.3, 0.4) is 0 Å². The van der Waals surface area contributed by atoms with Gasteiger partial charge in [-0.15, -0.1) is 0 Å². The Balaban J connectivity index is 1.56. The summed E-state index contributed by atoms with van der Waals surface area (Å²) in [6.07, 6.45) is 2.42. The third-order valence-corrected chi connectivity index (χ3v) is 6.57. The lowest BCUT2D eigenvalue weighted by atomic mass is 10.2. The van der Waals surface area contributed by atoms with E-state index in [1.165, 1.54) is 24.4 Å². The quantitative estimate of drug-likeness (QED) is 0.301. The number of rotatable bonds is 9. The van der Waals surface area contributed by atoms with Crippen LogP contribution in [0.5, 0.6) is 5.75 Å². The Morgan fingerprint density at radius 3 is 2.41 bits per heavy atom. The maximum Gasteiger partial charge on any atom is 0.260 e. The molecule has 0 fully saturated rings. The van der Waals surface area contributed by atoms with E-state index in [0.29, 0.717) is 22.9 Å². The molecule has 178 valence electrons. The number of sulfonamides is 1. The minimum Gasteiger partial charge on any atom is -0.489 e. The van der Waals surface area contributed by atoms with Crippen molar-refractivity contribution in [3.63, 3.8) is 0 Å². The third-order valence-electron chi connectivity index (χ3n) is 4.46.